The summed E-state index contributed by atoms with van der Waals surface area (Å²) in [7, 11) is 0. The molecule has 2 aromatic rings. The van der Waals surface area contributed by atoms with E-state index in [9.17, 15) is 18.4 Å². The van der Waals surface area contributed by atoms with Gasteiger partial charge < -0.3 is 19.9 Å². The minimum absolute atomic E-state index is 0.0202. The molecule has 2 aromatic carbocycles. The van der Waals surface area contributed by atoms with Crippen LogP contribution in [0.3, 0.4) is 0 Å². The molecule has 2 aliphatic rings. The van der Waals surface area contributed by atoms with Crippen LogP contribution in [-0.2, 0) is 14.3 Å². The molecule has 2 saturated heterocycles. The van der Waals surface area contributed by atoms with E-state index in [1.165, 1.54) is 11.0 Å². The van der Waals surface area contributed by atoms with E-state index >= 15 is 0 Å². The number of nitrogens with one attached hydrogen (secondary N) is 1. The molecule has 9 heteroatoms. The average molecular weight is 480 g/mol. The molecular weight excluding hydrogens is 460 g/mol. The van der Waals surface area contributed by atoms with E-state index in [1.54, 1.807) is 0 Å². The van der Waals surface area contributed by atoms with Crippen LogP contribution in [0.2, 0.25) is 0 Å². The smallest absolute Gasteiger partial charge is 0.229 e. The zero-order valence-corrected chi connectivity index (χ0v) is 17.6. The van der Waals surface area contributed by atoms with E-state index in [1.807, 2.05) is 18.2 Å². The molecule has 0 radical (unpaired) electrons. The zero-order valence-electron chi connectivity index (χ0n) is 16.0. The van der Waals surface area contributed by atoms with Crippen LogP contribution in [0.1, 0.15) is 6.42 Å². The van der Waals surface area contributed by atoms with Crippen molar-refractivity contribution in [3.05, 3.63) is 52.5 Å². The van der Waals surface area contributed by atoms with Crippen molar-refractivity contribution in [2.45, 2.75) is 6.42 Å². The monoisotopic (exact) mass is 479 g/mol. The predicted molar refractivity (Wildman–Crippen MR) is 113 cm³/mol. The third-order valence-electron chi connectivity index (χ3n) is 5.26. The van der Waals surface area contributed by atoms with Crippen molar-refractivity contribution >= 4 is 44.8 Å². The Labute approximate surface area is 180 Å². The molecule has 158 valence electrons. The van der Waals surface area contributed by atoms with Crippen molar-refractivity contribution in [3.63, 3.8) is 0 Å². The Morgan fingerprint density at radius 3 is 2.57 bits per heavy atom. The zero-order chi connectivity index (χ0) is 21.3. The molecule has 2 heterocycles. The molecule has 2 fully saturated rings. The van der Waals surface area contributed by atoms with Gasteiger partial charge in [0.25, 0.3) is 0 Å². The molecule has 0 saturated carbocycles. The fourth-order valence-corrected chi connectivity index (χ4v) is 4.10. The molecule has 1 unspecified atom stereocenters. The second-order valence-electron chi connectivity index (χ2n) is 7.25. The lowest BCUT2D eigenvalue weighted by molar-refractivity contribution is -0.122. The summed E-state index contributed by atoms with van der Waals surface area (Å²) in [6, 6.07) is 8.68. The Kier molecular flexibility index (Phi) is 6.01. The molecule has 2 aliphatic heterocycles. The molecule has 0 spiro atoms. The summed E-state index contributed by atoms with van der Waals surface area (Å²) in [5, 5.41) is 2.92. The van der Waals surface area contributed by atoms with Crippen molar-refractivity contribution in [1.29, 1.82) is 0 Å². The summed E-state index contributed by atoms with van der Waals surface area (Å²) in [5.41, 5.74) is 1.49. The van der Waals surface area contributed by atoms with Crippen LogP contribution in [0.15, 0.2) is 40.9 Å². The van der Waals surface area contributed by atoms with E-state index in [0.717, 1.165) is 22.3 Å². The number of anilines is 3. The first kappa shape index (κ1) is 20.7. The van der Waals surface area contributed by atoms with Gasteiger partial charge in [-0.1, -0.05) is 15.9 Å². The lowest BCUT2D eigenvalue weighted by Crippen LogP contribution is -2.37. The van der Waals surface area contributed by atoms with Gasteiger partial charge in [-0.3, -0.25) is 9.59 Å². The number of nitrogens with zero attached hydrogens (tertiary/aromatic N) is 2. The highest BCUT2D eigenvalue weighted by Gasteiger charge is 2.36. The Morgan fingerprint density at radius 1 is 1.10 bits per heavy atom. The minimum atomic E-state index is -0.828. The van der Waals surface area contributed by atoms with Crippen LogP contribution < -0.4 is 15.1 Å². The first-order valence-corrected chi connectivity index (χ1v) is 10.4. The Hall–Kier alpha value is -2.52. The van der Waals surface area contributed by atoms with Crippen LogP contribution in [-0.4, -0.2) is 44.7 Å². The number of carbonyl (C=O) groups is 2. The second-order valence-corrected chi connectivity index (χ2v) is 8.17. The number of carbonyl (C=O) groups excluding carboxylic acids is 2. The fraction of sp³-hybridized carbons (Fsp3) is 0.333. The summed E-state index contributed by atoms with van der Waals surface area (Å²) in [5.74, 6) is -2.88. The summed E-state index contributed by atoms with van der Waals surface area (Å²) in [6.45, 7) is 2.68. The highest BCUT2D eigenvalue weighted by Crippen LogP contribution is 2.32. The number of benzene rings is 2. The highest BCUT2D eigenvalue weighted by atomic mass is 79.9. The van der Waals surface area contributed by atoms with Crippen LogP contribution in [0, 0.1) is 17.6 Å². The lowest BCUT2D eigenvalue weighted by Gasteiger charge is -2.30. The van der Waals surface area contributed by atoms with Crippen LogP contribution in [0.5, 0.6) is 0 Å². The average Bonchev–Trinajstić information content (AvgIpc) is 3.10. The van der Waals surface area contributed by atoms with Gasteiger partial charge in [0.1, 0.15) is 11.6 Å². The number of amides is 2. The molecule has 1 atom stereocenters. The molecule has 0 bridgehead atoms. The number of rotatable bonds is 4. The highest BCUT2D eigenvalue weighted by molar-refractivity contribution is 9.10. The SMILES string of the molecule is O=C(Nc1cc(Br)ccc1N1CCOCC1)C1CC(=O)N(c2ccc(F)cc2F)C1. The summed E-state index contributed by atoms with van der Waals surface area (Å²) in [6.07, 6.45) is -0.0382. The molecule has 1 N–H and O–H groups in total. The Bertz CT molecular complexity index is 982. The Morgan fingerprint density at radius 2 is 1.83 bits per heavy atom. The van der Waals surface area contributed by atoms with Gasteiger partial charge in [0.15, 0.2) is 0 Å². The maximum atomic E-state index is 14.1. The normalized spacial score (nSPS) is 19.3. The van der Waals surface area contributed by atoms with E-state index in [0.29, 0.717) is 32.0 Å². The van der Waals surface area contributed by atoms with E-state index in [-0.39, 0.29) is 30.5 Å². The Balaban J connectivity index is 1.51. The van der Waals surface area contributed by atoms with E-state index < -0.39 is 17.6 Å². The maximum Gasteiger partial charge on any atom is 0.229 e. The third kappa shape index (κ3) is 4.32. The van der Waals surface area contributed by atoms with Gasteiger partial charge in [0, 0.05) is 36.6 Å². The maximum absolute atomic E-state index is 14.1. The van der Waals surface area contributed by atoms with Gasteiger partial charge in [-0.2, -0.15) is 0 Å². The van der Waals surface area contributed by atoms with Crippen LogP contribution in [0.25, 0.3) is 0 Å². The third-order valence-corrected chi connectivity index (χ3v) is 5.76. The van der Waals surface area contributed by atoms with Gasteiger partial charge in [0.2, 0.25) is 11.8 Å². The van der Waals surface area contributed by atoms with Gasteiger partial charge in [-0.25, -0.2) is 8.78 Å². The van der Waals surface area contributed by atoms with Crippen LogP contribution in [0.4, 0.5) is 25.8 Å². The summed E-state index contributed by atoms with van der Waals surface area (Å²) >= 11 is 3.43. The molecule has 0 aromatic heterocycles. The standard InChI is InChI=1S/C21H20BrF2N3O3/c22-14-1-3-19(26-5-7-30-8-6-26)17(10-14)25-21(29)13-9-20(28)27(12-13)18-4-2-15(23)11-16(18)24/h1-4,10-11,13H,5-9,12H2,(H,25,29). The molecule has 0 aliphatic carbocycles. The first-order chi connectivity index (χ1) is 14.4. The van der Waals surface area contributed by atoms with Crippen molar-refractivity contribution < 1.29 is 23.1 Å². The largest absolute Gasteiger partial charge is 0.378 e. The van der Waals surface area contributed by atoms with Crippen LogP contribution >= 0.6 is 15.9 Å². The van der Waals surface area contributed by atoms with Crippen molar-refractivity contribution in [2.24, 2.45) is 5.92 Å². The van der Waals surface area contributed by atoms with Gasteiger partial charge in [-0.15, -0.1) is 0 Å². The quantitative estimate of drug-likeness (QED) is 0.728. The number of hydrogen-bond donors (Lipinski definition) is 1. The molecular formula is C21H20BrF2N3O3. The lowest BCUT2D eigenvalue weighted by atomic mass is 10.1. The number of morpholine rings is 1. The van der Waals surface area contributed by atoms with E-state index in [4.69, 9.17) is 4.74 Å². The molecule has 6 nitrogen and oxygen atoms in total. The molecule has 30 heavy (non-hydrogen) atoms. The molecule has 4 rings (SSSR count). The fourth-order valence-electron chi connectivity index (χ4n) is 3.74. The number of halogens is 3. The van der Waals surface area contributed by atoms with E-state index in [2.05, 4.69) is 26.1 Å². The van der Waals surface area contributed by atoms with Crippen molar-refractivity contribution in [2.75, 3.05) is 48.0 Å². The molecule has 2 amide bonds. The number of hydrogen-bond acceptors (Lipinski definition) is 4. The predicted octanol–water partition coefficient (Wildman–Crippen LogP) is 3.56. The number of ether oxygens (including phenoxy) is 1. The van der Waals surface area contributed by atoms with Gasteiger partial charge in [0.05, 0.1) is 36.2 Å². The summed E-state index contributed by atoms with van der Waals surface area (Å²) < 4.78 is 33.5. The topological polar surface area (TPSA) is 61.9 Å². The van der Waals surface area contributed by atoms with Gasteiger partial charge >= 0.3 is 0 Å². The second kappa shape index (κ2) is 8.69. The minimum Gasteiger partial charge on any atom is -0.378 e. The first-order valence-electron chi connectivity index (χ1n) is 9.61. The summed E-state index contributed by atoms with van der Waals surface area (Å²) in [4.78, 5) is 28.7. The van der Waals surface area contributed by atoms with Crippen molar-refractivity contribution in [3.8, 4) is 0 Å². The van der Waals surface area contributed by atoms with Crippen molar-refractivity contribution in [1.82, 2.24) is 0 Å². The van der Waals surface area contributed by atoms with Gasteiger partial charge in [-0.05, 0) is 30.3 Å².